The van der Waals surface area contributed by atoms with Crippen LogP contribution in [0.25, 0.3) is 11.1 Å². The van der Waals surface area contributed by atoms with Gasteiger partial charge in [-0.05, 0) is 66.3 Å². The van der Waals surface area contributed by atoms with Gasteiger partial charge in [-0.25, -0.2) is 0 Å². The minimum atomic E-state index is 0.705. The first-order chi connectivity index (χ1) is 11.8. The predicted octanol–water partition coefficient (Wildman–Crippen LogP) is 6.48. The fraction of sp³-hybridized carbons (Fsp3) is 0.364. The summed E-state index contributed by atoms with van der Waals surface area (Å²) in [5.74, 6) is 1.43. The van der Waals surface area contributed by atoms with Crippen LogP contribution in [-0.4, -0.2) is 13.7 Å². The van der Waals surface area contributed by atoms with Gasteiger partial charge in [-0.3, -0.25) is 0 Å². The average Bonchev–Trinajstić information content (AvgIpc) is 2.63. The topological polar surface area (TPSA) is 9.23 Å². The molecule has 1 aliphatic carbocycles. The van der Waals surface area contributed by atoms with Crippen molar-refractivity contribution in [2.24, 2.45) is 5.92 Å². The van der Waals surface area contributed by atoms with Crippen molar-refractivity contribution >= 4 is 11.6 Å². The van der Waals surface area contributed by atoms with Gasteiger partial charge in [0.25, 0.3) is 0 Å². The minimum absolute atomic E-state index is 0.705. The summed E-state index contributed by atoms with van der Waals surface area (Å²) in [5, 5.41) is 0.784. The molecule has 1 aliphatic rings. The van der Waals surface area contributed by atoms with Gasteiger partial charge < -0.3 is 4.74 Å². The molecule has 1 saturated carbocycles. The van der Waals surface area contributed by atoms with Crippen LogP contribution in [0.1, 0.15) is 37.2 Å². The van der Waals surface area contributed by atoms with E-state index in [4.69, 9.17) is 16.3 Å². The second-order valence-electron chi connectivity index (χ2n) is 6.62. The summed E-state index contributed by atoms with van der Waals surface area (Å²) in [6, 6.07) is 17.1. The minimum Gasteiger partial charge on any atom is -0.381 e. The van der Waals surface area contributed by atoms with E-state index in [0.717, 1.165) is 17.5 Å². The van der Waals surface area contributed by atoms with Crippen molar-refractivity contribution in [1.82, 2.24) is 0 Å². The maximum atomic E-state index is 5.97. The van der Waals surface area contributed by atoms with Gasteiger partial charge in [0.05, 0.1) is 6.61 Å². The number of rotatable bonds is 5. The Balaban J connectivity index is 1.59. The van der Waals surface area contributed by atoms with Crippen molar-refractivity contribution in [2.75, 3.05) is 13.7 Å². The molecule has 0 radical (unpaired) electrons. The highest BCUT2D eigenvalue weighted by atomic mass is 35.5. The van der Waals surface area contributed by atoms with E-state index in [1.165, 1.54) is 42.4 Å². The number of halogens is 1. The van der Waals surface area contributed by atoms with Crippen LogP contribution in [0.5, 0.6) is 0 Å². The van der Waals surface area contributed by atoms with Crippen LogP contribution in [0, 0.1) is 5.92 Å². The van der Waals surface area contributed by atoms with Crippen molar-refractivity contribution in [1.29, 1.82) is 0 Å². The van der Waals surface area contributed by atoms with E-state index in [1.54, 1.807) is 7.11 Å². The van der Waals surface area contributed by atoms with Crippen molar-refractivity contribution in [2.45, 2.75) is 31.6 Å². The maximum Gasteiger partial charge on any atom is 0.0643 e. The smallest absolute Gasteiger partial charge is 0.0643 e. The molecule has 1 nitrogen and oxygen atoms in total. The van der Waals surface area contributed by atoms with Crippen LogP contribution in [0.15, 0.2) is 60.7 Å². The quantitative estimate of drug-likeness (QED) is 0.566. The molecule has 0 aromatic heterocycles. The molecule has 0 aliphatic heterocycles. The highest BCUT2D eigenvalue weighted by Crippen LogP contribution is 2.37. The molecule has 0 spiro atoms. The predicted molar refractivity (Wildman–Crippen MR) is 103 cm³/mol. The van der Waals surface area contributed by atoms with Gasteiger partial charge in [0.2, 0.25) is 0 Å². The monoisotopic (exact) mass is 340 g/mol. The number of ether oxygens (including phenoxy) is 1. The van der Waals surface area contributed by atoms with Crippen LogP contribution >= 0.6 is 11.6 Å². The van der Waals surface area contributed by atoms with Crippen LogP contribution < -0.4 is 0 Å². The SMILES string of the molecule is COCC=C[C@H]1CC[C@H](c2ccc(-c3ccc(Cl)cc3)cc2)CC1. The third-order valence-corrected chi connectivity index (χ3v) is 5.25. The van der Waals surface area contributed by atoms with Gasteiger partial charge in [-0.15, -0.1) is 0 Å². The van der Waals surface area contributed by atoms with E-state index in [-0.39, 0.29) is 0 Å². The van der Waals surface area contributed by atoms with Crippen LogP contribution in [0.4, 0.5) is 0 Å². The molecule has 0 atom stereocenters. The number of methoxy groups -OCH3 is 1. The third kappa shape index (κ3) is 4.49. The zero-order valence-electron chi connectivity index (χ0n) is 14.2. The Bertz CT molecular complexity index is 649. The summed E-state index contributed by atoms with van der Waals surface area (Å²) >= 11 is 5.97. The molecule has 2 aromatic carbocycles. The molecular formula is C22H25ClO. The maximum absolute atomic E-state index is 5.97. The van der Waals surface area contributed by atoms with Crippen molar-refractivity contribution in [3.63, 3.8) is 0 Å². The molecule has 0 bridgehead atoms. The number of hydrogen-bond acceptors (Lipinski definition) is 1. The van der Waals surface area contributed by atoms with Crippen molar-refractivity contribution in [3.05, 3.63) is 71.3 Å². The number of benzene rings is 2. The largest absolute Gasteiger partial charge is 0.381 e. The standard InChI is InChI=1S/C22H25ClO/c1-24-16-2-3-17-4-6-18(7-5-17)19-8-10-20(11-9-19)21-12-14-22(23)15-13-21/h2-3,8-15,17-18H,4-7,16H2,1H3/t17-,18-. The Morgan fingerprint density at radius 2 is 1.50 bits per heavy atom. The lowest BCUT2D eigenvalue weighted by Gasteiger charge is -2.27. The lowest BCUT2D eigenvalue weighted by molar-refractivity contribution is 0.233. The molecule has 0 saturated heterocycles. The molecule has 0 amide bonds. The summed E-state index contributed by atoms with van der Waals surface area (Å²) in [4.78, 5) is 0. The van der Waals surface area contributed by atoms with E-state index in [2.05, 4.69) is 48.6 Å². The Morgan fingerprint density at radius 1 is 0.917 bits per heavy atom. The summed E-state index contributed by atoms with van der Waals surface area (Å²) in [6.45, 7) is 0.728. The molecule has 2 aromatic rings. The molecule has 1 fully saturated rings. The van der Waals surface area contributed by atoms with E-state index >= 15 is 0 Å². The van der Waals surface area contributed by atoms with E-state index < -0.39 is 0 Å². The van der Waals surface area contributed by atoms with Crippen molar-refractivity contribution in [3.8, 4) is 11.1 Å². The van der Waals surface area contributed by atoms with Crippen LogP contribution in [0.3, 0.4) is 0 Å². The van der Waals surface area contributed by atoms with Gasteiger partial charge in [-0.2, -0.15) is 0 Å². The third-order valence-electron chi connectivity index (χ3n) is 5.00. The second kappa shape index (κ2) is 8.50. The molecule has 24 heavy (non-hydrogen) atoms. The Labute approximate surface area is 150 Å². The fourth-order valence-electron chi connectivity index (χ4n) is 3.58. The second-order valence-corrected chi connectivity index (χ2v) is 7.06. The fourth-order valence-corrected chi connectivity index (χ4v) is 3.71. The summed E-state index contributed by atoms with van der Waals surface area (Å²) < 4.78 is 5.08. The van der Waals surface area contributed by atoms with E-state index in [0.29, 0.717) is 5.92 Å². The molecule has 0 heterocycles. The number of allylic oxidation sites excluding steroid dienone is 1. The lowest BCUT2D eigenvalue weighted by Crippen LogP contribution is -2.11. The van der Waals surface area contributed by atoms with Gasteiger partial charge >= 0.3 is 0 Å². The van der Waals surface area contributed by atoms with Gasteiger partial charge in [0.15, 0.2) is 0 Å². The Morgan fingerprint density at radius 3 is 2.08 bits per heavy atom. The van der Waals surface area contributed by atoms with E-state index in [1.807, 2.05) is 12.1 Å². The first-order valence-corrected chi connectivity index (χ1v) is 9.15. The van der Waals surface area contributed by atoms with Gasteiger partial charge in [0, 0.05) is 12.1 Å². The molecule has 2 heteroatoms. The summed E-state index contributed by atoms with van der Waals surface area (Å²) in [5.41, 5.74) is 3.96. The van der Waals surface area contributed by atoms with Crippen LogP contribution in [-0.2, 0) is 4.74 Å². The Kier molecular flexibility index (Phi) is 6.12. The van der Waals surface area contributed by atoms with Gasteiger partial charge in [-0.1, -0.05) is 60.2 Å². The molecule has 126 valence electrons. The summed E-state index contributed by atoms with van der Waals surface area (Å²) in [7, 11) is 1.74. The highest BCUT2D eigenvalue weighted by Gasteiger charge is 2.20. The van der Waals surface area contributed by atoms with Crippen LogP contribution in [0.2, 0.25) is 5.02 Å². The highest BCUT2D eigenvalue weighted by molar-refractivity contribution is 6.30. The molecule has 0 unspecified atom stereocenters. The first kappa shape index (κ1) is 17.3. The average molecular weight is 341 g/mol. The molecule has 0 N–H and O–H groups in total. The zero-order chi connectivity index (χ0) is 16.8. The van der Waals surface area contributed by atoms with Crippen molar-refractivity contribution < 1.29 is 4.74 Å². The first-order valence-electron chi connectivity index (χ1n) is 8.78. The Hall–Kier alpha value is -1.57. The molecule has 3 rings (SSSR count). The van der Waals surface area contributed by atoms with E-state index in [9.17, 15) is 0 Å². The normalized spacial score (nSPS) is 21.2. The lowest BCUT2D eigenvalue weighted by atomic mass is 9.78. The zero-order valence-corrected chi connectivity index (χ0v) is 15.0. The number of hydrogen-bond donors (Lipinski definition) is 0. The molecular weight excluding hydrogens is 316 g/mol. The summed E-state index contributed by atoms with van der Waals surface area (Å²) in [6.07, 6.45) is 9.62. The van der Waals surface area contributed by atoms with Gasteiger partial charge in [0.1, 0.15) is 0 Å².